The number of nitrogens with one attached hydrogen (secondary N) is 4. The topological polar surface area (TPSA) is 179 Å². The molecule has 0 radical (unpaired) electrons. The van der Waals surface area contributed by atoms with E-state index < -0.39 is 47.9 Å². The Balaban J connectivity index is 2.25. The van der Waals surface area contributed by atoms with Crippen LogP contribution in [0, 0.1) is 11.8 Å². The van der Waals surface area contributed by atoms with Crippen molar-refractivity contribution in [3.63, 3.8) is 0 Å². The highest BCUT2D eigenvalue weighted by Gasteiger charge is 2.33. The molecule has 1 aromatic heterocycles. The number of rotatable bonds is 14. The van der Waals surface area contributed by atoms with E-state index in [4.69, 9.17) is 5.73 Å². The Morgan fingerprint density at radius 2 is 1.59 bits per heavy atom. The number of nitrogens with two attached hydrogens (primary N) is 1. The molecule has 0 bridgehead atoms. The van der Waals surface area contributed by atoms with E-state index in [2.05, 4.69) is 25.9 Å². The van der Waals surface area contributed by atoms with Gasteiger partial charge in [0.2, 0.25) is 17.7 Å². The van der Waals surface area contributed by atoms with Crippen molar-refractivity contribution in [2.45, 2.75) is 71.1 Å². The molecule has 2 rings (SSSR count). The SMILES string of the molecule is CCC(C)C(NC(=O)C(N)C(C)C)C(=O)NC(Cc1ccccc1)C(=O)NC(Cc1cnc[nH]1)C(=O)O. The number of amides is 3. The molecule has 1 aromatic carbocycles. The minimum atomic E-state index is -1.24. The first-order chi connectivity index (χ1) is 17.5. The highest BCUT2D eigenvalue weighted by molar-refractivity contribution is 5.94. The number of carboxylic acids is 1. The summed E-state index contributed by atoms with van der Waals surface area (Å²) in [6, 6.07) is 5.02. The highest BCUT2D eigenvalue weighted by atomic mass is 16.4. The van der Waals surface area contributed by atoms with Crippen molar-refractivity contribution in [2.75, 3.05) is 0 Å². The van der Waals surface area contributed by atoms with Gasteiger partial charge in [-0.25, -0.2) is 9.78 Å². The van der Waals surface area contributed by atoms with E-state index in [9.17, 15) is 24.3 Å². The molecule has 3 amide bonds. The van der Waals surface area contributed by atoms with Crippen molar-refractivity contribution in [1.82, 2.24) is 25.9 Å². The zero-order valence-electron chi connectivity index (χ0n) is 21.7. The molecular weight excluding hydrogens is 476 g/mol. The largest absolute Gasteiger partial charge is 0.480 e. The number of imidazole rings is 1. The second kappa shape index (κ2) is 14.1. The summed E-state index contributed by atoms with van der Waals surface area (Å²) in [5, 5.41) is 17.7. The molecular formula is C26H38N6O5. The molecule has 0 aliphatic carbocycles. The zero-order valence-corrected chi connectivity index (χ0v) is 21.7. The fourth-order valence-electron chi connectivity index (χ4n) is 3.66. The Kier molecular flexibility index (Phi) is 11.3. The van der Waals surface area contributed by atoms with Gasteiger partial charge in [0.05, 0.1) is 12.4 Å². The molecule has 37 heavy (non-hydrogen) atoms. The molecule has 11 heteroatoms. The van der Waals surface area contributed by atoms with E-state index in [0.717, 1.165) is 5.56 Å². The van der Waals surface area contributed by atoms with Gasteiger partial charge in [0, 0.05) is 24.7 Å². The van der Waals surface area contributed by atoms with Crippen molar-refractivity contribution in [3.8, 4) is 0 Å². The molecule has 0 aliphatic rings. The number of H-pyrrole nitrogens is 1. The number of benzene rings is 1. The summed E-state index contributed by atoms with van der Waals surface area (Å²) in [7, 11) is 0. The molecule has 0 saturated heterocycles. The summed E-state index contributed by atoms with van der Waals surface area (Å²) in [5.74, 6) is -3.24. The van der Waals surface area contributed by atoms with E-state index in [1.807, 2.05) is 33.8 Å². The van der Waals surface area contributed by atoms with E-state index in [1.54, 1.807) is 24.3 Å². The molecule has 5 atom stereocenters. The first kappa shape index (κ1) is 29.5. The maximum Gasteiger partial charge on any atom is 0.326 e. The van der Waals surface area contributed by atoms with Crippen LogP contribution >= 0.6 is 0 Å². The Morgan fingerprint density at radius 1 is 0.946 bits per heavy atom. The van der Waals surface area contributed by atoms with E-state index in [1.165, 1.54) is 12.5 Å². The zero-order chi connectivity index (χ0) is 27.5. The van der Waals surface area contributed by atoms with Crippen LogP contribution in [0.15, 0.2) is 42.9 Å². The van der Waals surface area contributed by atoms with Crippen LogP contribution in [0.4, 0.5) is 0 Å². The number of aromatic amines is 1. The van der Waals surface area contributed by atoms with Crippen molar-refractivity contribution in [1.29, 1.82) is 0 Å². The number of carbonyl (C=O) groups is 4. The quantitative estimate of drug-likeness (QED) is 0.215. The summed E-state index contributed by atoms with van der Waals surface area (Å²) >= 11 is 0. The molecule has 5 unspecified atom stereocenters. The minimum Gasteiger partial charge on any atom is -0.480 e. The lowest BCUT2D eigenvalue weighted by molar-refractivity contribution is -0.142. The lowest BCUT2D eigenvalue weighted by atomic mass is 9.96. The number of hydrogen-bond acceptors (Lipinski definition) is 6. The summed E-state index contributed by atoms with van der Waals surface area (Å²) < 4.78 is 0. The number of hydrogen-bond donors (Lipinski definition) is 6. The van der Waals surface area contributed by atoms with Gasteiger partial charge >= 0.3 is 5.97 Å². The van der Waals surface area contributed by atoms with Crippen LogP contribution < -0.4 is 21.7 Å². The standard InChI is InChI=1S/C26H38N6O5/c1-5-16(4)22(32-24(34)21(27)15(2)3)25(35)30-19(11-17-9-7-6-8-10-17)23(33)31-20(26(36)37)12-18-13-28-14-29-18/h6-10,13-16,19-22H,5,11-12,27H2,1-4H3,(H,28,29)(H,30,35)(H,31,33)(H,32,34)(H,36,37). The van der Waals surface area contributed by atoms with Crippen molar-refractivity contribution in [3.05, 3.63) is 54.1 Å². The van der Waals surface area contributed by atoms with Gasteiger partial charge in [-0.15, -0.1) is 0 Å². The molecule has 1 heterocycles. The Bertz CT molecular complexity index is 1030. The molecule has 11 nitrogen and oxygen atoms in total. The Labute approximate surface area is 217 Å². The predicted molar refractivity (Wildman–Crippen MR) is 138 cm³/mol. The number of carbonyl (C=O) groups excluding carboxylic acids is 3. The van der Waals surface area contributed by atoms with E-state index in [-0.39, 0.29) is 24.7 Å². The number of aromatic nitrogens is 2. The first-order valence-electron chi connectivity index (χ1n) is 12.4. The predicted octanol–water partition coefficient (Wildman–Crippen LogP) is 0.763. The molecule has 0 fully saturated rings. The molecule has 7 N–H and O–H groups in total. The number of aliphatic carboxylic acids is 1. The van der Waals surface area contributed by atoms with Crippen LogP contribution in [-0.4, -0.2) is 62.9 Å². The van der Waals surface area contributed by atoms with Crippen LogP contribution in [0.3, 0.4) is 0 Å². The van der Waals surface area contributed by atoms with Gasteiger partial charge in [-0.1, -0.05) is 64.4 Å². The normalized spacial score (nSPS) is 15.2. The summed E-state index contributed by atoms with van der Waals surface area (Å²) in [4.78, 5) is 57.8. The number of carboxylic acid groups (broad SMARTS) is 1. The average molecular weight is 515 g/mol. The second-order valence-electron chi connectivity index (χ2n) is 9.57. The summed E-state index contributed by atoms with van der Waals surface area (Å²) in [5.41, 5.74) is 7.28. The monoisotopic (exact) mass is 514 g/mol. The smallest absolute Gasteiger partial charge is 0.326 e. The molecule has 0 spiro atoms. The Morgan fingerprint density at radius 3 is 2.14 bits per heavy atom. The minimum absolute atomic E-state index is 0.00822. The van der Waals surface area contributed by atoms with Gasteiger partial charge in [-0.3, -0.25) is 14.4 Å². The van der Waals surface area contributed by atoms with Crippen LogP contribution in [0.2, 0.25) is 0 Å². The van der Waals surface area contributed by atoms with Gasteiger partial charge in [-0.05, 0) is 17.4 Å². The maximum absolute atomic E-state index is 13.4. The van der Waals surface area contributed by atoms with Gasteiger partial charge in [0.15, 0.2) is 0 Å². The van der Waals surface area contributed by atoms with Gasteiger partial charge in [0.1, 0.15) is 18.1 Å². The molecule has 202 valence electrons. The maximum atomic E-state index is 13.4. The first-order valence-corrected chi connectivity index (χ1v) is 12.4. The molecule has 2 aromatic rings. The lowest BCUT2D eigenvalue weighted by Crippen LogP contribution is -2.59. The fraction of sp³-hybridized carbons (Fsp3) is 0.500. The fourth-order valence-corrected chi connectivity index (χ4v) is 3.66. The molecule has 0 aliphatic heterocycles. The summed E-state index contributed by atoms with van der Waals surface area (Å²) in [6.45, 7) is 7.33. The second-order valence-corrected chi connectivity index (χ2v) is 9.57. The van der Waals surface area contributed by atoms with Crippen molar-refractivity contribution < 1.29 is 24.3 Å². The van der Waals surface area contributed by atoms with E-state index in [0.29, 0.717) is 12.1 Å². The number of nitrogens with zero attached hydrogens (tertiary/aromatic N) is 1. The van der Waals surface area contributed by atoms with Gasteiger partial charge in [0.25, 0.3) is 0 Å². The van der Waals surface area contributed by atoms with Crippen LogP contribution in [-0.2, 0) is 32.0 Å². The van der Waals surface area contributed by atoms with E-state index >= 15 is 0 Å². The van der Waals surface area contributed by atoms with Gasteiger partial charge < -0.3 is 31.8 Å². The highest BCUT2D eigenvalue weighted by Crippen LogP contribution is 2.12. The third-order valence-electron chi connectivity index (χ3n) is 6.32. The van der Waals surface area contributed by atoms with Crippen molar-refractivity contribution in [2.24, 2.45) is 17.6 Å². The average Bonchev–Trinajstić information content (AvgIpc) is 3.38. The summed E-state index contributed by atoms with van der Waals surface area (Å²) in [6.07, 6.45) is 3.61. The van der Waals surface area contributed by atoms with Crippen molar-refractivity contribution >= 4 is 23.7 Å². The lowest BCUT2D eigenvalue weighted by Gasteiger charge is -2.28. The van der Waals surface area contributed by atoms with Crippen LogP contribution in [0.25, 0.3) is 0 Å². The van der Waals surface area contributed by atoms with Gasteiger partial charge in [-0.2, -0.15) is 0 Å². The molecule has 0 saturated carbocycles. The third-order valence-corrected chi connectivity index (χ3v) is 6.32. The third kappa shape index (κ3) is 9.02. The van der Waals surface area contributed by atoms with Crippen LogP contribution in [0.1, 0.15) is 45.4 Å². The van der Waals surface area contributed by atoms with Crippen LogP contribution in [0.5, 0.6) is 0 Å². The Hall–Kier alpha value is -3.73.